The molecule has 0 radical (unpaired) electrons. The second-order valence-corrected chi connectivity index (χ2v) is 5.69. The topological polar surface area (TPSA) is 32.3 Å². The highest BCUT2D eigenvalue weighted by Crippen LogP contribution is 2.40. The minimum absolute atomic E-state index is 0.00618. The average molecular weight is 283 g/mol. The van der Waals surface area contributed by atoms with Crippen LogP contribution in [0.25, 0.3) is 0 Å². The quantitative estimate of drug-likeness (QED) is 0.856. The van der Waals surface area contributed by atoms with E-state index in [4.69, 9.17) is 11.6 Å². The molecule has 3 rings (SSSR count). The zero-order valence-electron chi connectivity index (χ0n) is 10.7. The van der Waals surface area contributed by atoms with Crippen LogP contribution in [0.2, 0.25) is 5.02 Å². The van der Waals surface area contributed by atoms with Crippen molar-refractivity contribution >= 4 is 28.9 Å². The summed E-state index contributed by atoms with van der Waals surface area (Å²) in [7, 11) is 0. The largest absolute Gasteiger partial charge is 0.358 e. The van der Waals surface area contributed by atoms with Crippen LogP contribution < -0.4 is 10.2 Å². The van der Waals surface area contributed by atoms with Crippen molar-refractivity contribution in [3.8, 4) is 0 Å². The summed E-state index contributed by atoms with van der Waals surface area (Å²) in [5.74, 6) is 0.131. The zero-order chi connectivity index (χ0) is 13.6. The Morgan fingerprint density at radius 3 is 3.05 bits per heavy atom. The third-order valence-electron chi connectivity index (χ3n) is 4.20. The standard InChI is InChI=1S/C14H16ClFN2O/c1-2-8-3-4-18-12-7-10(16)9(15)6-11(12)17-14(19)13(18)5-8/h6-8,13H,2-5H2,1H3,(H,17,19). The average Bonchev–Trinajstić information content (AvgIpc) is 2.41. The molecular formula is C14H16ClFN2O. The summed E-state index contributed by atoms with van der Waals surface area (Å²) in [4.78, 5) is 14.2. The molecule has 3 nitrogen and oxygen atoms in total. The Morgan fingerprint density at radius 1 is 1.53 bits per heavy atom. The van der Waals surface area contributed by atoms with Gasteiger partial charge in [0.2, 0.25) is 5.91 Å². The number of nitrogens with zero attached hydrogens (tertiary/aromatic N) is 1. The predicted octanol–water partition coefficient (Wildman–Crippen LogP) is 3.43. The summed E-state index contributed by atoms with van der Waals surface area (Å²) in [6, 6.07) is 2.74. The lowest BCUT2D eigenvalue weighted by Crippen LogP contribution is -2.52. The molecule has 1 amide bonds. The predicted molar refractivity (Wildman–Crippen MR) is 74.2 cm³/mol. The van der Waals surface area contributed by atoms with Gasteiger partial charge in [0.1, 0.15) is 11.9 Å². The smallest absolute Gasteiger partial charge is 0.247 e. The molecule has 5 heteroatoms. The molecule has 1 N–H and O–H groups in total. The number of piperidine rings is 1. The number of anilines is 2. The van der Waals surface area contributed by atoms with Crippen LogP contribution in [0.4, 0.5) is 15.8 Å². The summed E-state index contributed by atoms with van der Waals surface area (Å²) in [5.41, 5.74) is 1.36. The fourth-order valence-corrected chi connectivity index (χ4v) is 3.20. The molecule has 0 saturated carbocycles. The van der Waals surface area contributed by atoms with Crippen molar-refractivity contribution in [2.24, 2.45) is 5.92 Å². The zero-order valence-corrected chi connectivity index (χ0v) is 11.5. The second kappa shape index (κ2) is 4.67. The normalized spacial score (nSPS) is 25.6. The molecule has 2 aliphatic rings. The molecule has 2 atom stereocenters. The van der Waals surface area contributed by atoms with E-state index in [0.717, 1.165) is 31.5 Å². The maximum atomic E-state index is 13.6. The molecular weight excluding hydrogens is 267 g/mol. The summed E-state index contributed by atoms with van der Waals surface area (Å²) < 4.78 is 13.6. The Bertz CT molecular complexity index is 534. The number of hydrogen-bond acceptors (Lipinski definition) is 2. The van der Waals surface area contributed by atoms with Gasteiger partial charge in [-0.15, -0.1) is 0 Å². The number of carbonyl (C=O) groups excluding carboxylic acids is 1. The number of benzene rings is 1. The van der Waals surface area contributed by atoms with Crippen LogP contribution in [-0.2, 0) is 4.79 Å². The van der Waals surface area contributed by atoms with Gasteiger partial charge in [-0.1, -0.05) is 24.9 Å². The highest BCUT2D eigenvalue weighted by atomic mass is 35.5. The molecule has 102 valence electrons. The first-order valence-corrected chi connectivity index (χ1v) is 7.04. The molecule has 1 saturated heterocycles. The van der Waals surface area contributed by atoms with Gasteiger partial charge in [0, 0.05) is 12.6 Å². The Morgan fingerprint density at radius 2 is 2.32 bits per heavy atom. The summed E-state index contributed by atoms with van der Waals surface area (Å²) in [5, 5.41) is 2.88. The number of nitrogens with one attached hydrogen (secondary N) is 1. The lowest BCUT2D eigenvalue weighted by molar-refractivity contribution is -0.118. The highest BCUT2D eigenvalue weighted by Gasteiger charge is 2.37. The maximum Gasteiger partial charge on any atom is 0.247 e. The van der Waals surface area contributed by atoms with Gasteiger partial charge in [-0.2, -0.15) is 0 Å². The lowest BCUT2D eigenvalue weighted by atomic mass is 9.87. The Balaban J connectivity index is 1.99. The first kappa shape index (κ1) is 12.7. The molecule has 2 heterocycles. The van der Waals surface area contributed by atoms with Gasteiger partial charge in [0.25, 0.3) is 0 Å². The van der Waals surface area contributed by atoms with Crippen LogP contribution in [0.5, 0.6) is 0 Å². The third kappa shape index (κ3) is 2.08. The van der Waals surface area contributed by atoms with E-state index in [1.165, 1.54) is 12.1 Å². The molecule has 1 aromatic carbocycles. The number of rotatable bonds is 1. The van der Waals surface area contributed by atoms with Crippen molar-refractivity contribution in [2.45, 2.75) is 32.2 Å². The molecule has 2 unspecified atom stereocenters. The van der Waals surface area contributed by atoms with Crippen LogP contribution >= 0.6 is 11.6 Å². The van der Waals surface area contributed by atoms with Crippen molar-refractivity contribution in [3.05, 3.63) is 23.0 Å². The number of fused-ring (bicyclic) bond motifs is 3. The van der Waals surface area contributed by atoms with Crippen LogP contribution in [0.3, 0.4) is 0 Å². The van der Waals surface area contributed by atoms with E-state index in [1.807, 2.05) is 4.90 Å². The van der Waals surface area contributed by atoms with Crippen molar-refractivity contribution in [1.82, 2.24) is 0 Å². The van der Waals surface area contributed by atoms with E-state index in [-0.39, 0.29) is 17.0 Å². The Labute approximate surface area is 116 Å². The molecule has 1 aromatic rings. The van der Waals surface area contributed by atoms with E-state index in [1.54, 1.807) is 0 Å². The van der Waals surface area contributed by atoms with Crippen LogP contribution in [0.1, 0.15) is 26.2 Å². The van der Waals surface area contributed by atoms with Crippen molar-refractivity contribution < 1.29 is 9.18 Å². The molecule has 0 spiro atoms. The summed E-state index contributed by atoms with van der Waals surface area (Å²) >= 11 is 5.77. The van der Waals surface area contributed by atoms with Crippen molar-refractivity contribution in [2.75, 3.05) is 16.8 Å². The number of hydrogen-bond donors (Lipinski definition) is 1. The van der Waals surface area contributed by atoms with E-state index < -0.39 is 5.82 Å². The number of amides is 1. The Hall–Kier alpha value is -1.29. The Kier molecular flexibility index (Phi) is 3.13. The minimum atomic E-state index is -0.437. The van der Waals surface area contributed by atoms with Crippen LogP contribution in [0, 0.1) is 11.7 Å². The first-order valence-electron chi connectivity index (χ1n) is 6.66. The van der Waals surface area contributed by atoms with Crippen LogP contribution in [0.15, 0.2) is 12.1 Å². The van der Waals surface area contributed by atoms with Gasteiger partial charge in [0.05, 0.1) is 16.4 Å². The fraction of sp³-hybridized carbons (Fsp3) is 0.500. The number of carbonyl (C=O) groups is 1. The van der Waals surface area contributed by atoms with Crippen molar-refractivity contribution in [3.63, 3.8) is 0 Å². The van der Waals surface area contributed by atoms with Crippen LogP contribution in [-0.4, -0.2) is 18.5 Å². The van der Waals surface area contributed by atoms with Gasteiger partial charge >= 0.3 is 0 Å². The van der Waals surface area contributed by atoms with E-state index in [0.29, 0.717) is 11.6 Å². The minimum Gasteiger partial charge on any atom is -0.358 e. The van der Waals surface area contributed by atoms with E-state index >= 15 is 0 Å². The summed E-state index contributed by atoms with van der Waals surface area (Å²) in [6.45, 7) is 2.94. The number of halogens is 2. The van der Waals surface area contributed by atoms with Gasteiger partial charge in [0.15, 0.2) is 0 Å². The molecule has 2 aliphatic heterocycles. The molecule has 0 bridgehead atoms. The fourth-order valence-electron chi connectivity index (χ4n) is 3.04. The summed E-state index contributed by atoms with van der Waals surface area (Å²) in [6.07, 6.45) is 2.97. The first-order chi connectivity index (χ1) is 9.10. The van der Waals surface area contributed by atoms with Gasteiger partial charge < -0.3 is 10.2 Å². The highest BCUT2D eigenvalue weighted by molar-refractivity contribution is 6.31. The van der Waals surface area contributed by atoms with Gasteiger partial charge in [-0.25, -0.2) is 4.39 Å². The molecule has 0 aromatic heterocycles. The van der Waals surface area contributed by atoms with Gasteiger partial charge in [-0.05, 0) is 24.8 Å². The van der Waals surface area contributed by atoms with Crippen molar-refractivity contribution in [1.29, 1.82) is 0 Å². The molecule has 19 heavy (non-hydrogen) atoms. The van der Waals surface area contributed by atoms with E-state index in [9.17, 15) is 9.18 Å². The second-order valence-electron chi connectivity index (χ2n) is 5.28. The lowest BCUT2D eigenvalue weighted by Gasteiger charge is -2.43. The van der Waals surface area contributed by atoms with E-state index in [2.05, 4.69) is 12.2 Å². The molecule has 0 aliphatic carbocycles. The monoisotopic (exact) mass is 282 g/mol. The molecule has 1 fully saturated rings. The van der Waals surface area contributed by atoms with Gasteiger partial charge in [-0.3, -0.25) is 4.79 Å². The SMILES string of the molecule is CCC1CCN2c3cc(F)c(Cl)cc3NC(=O)C2C1. The third-order valence-corrected chi connectivity index (χ3v) is 4.49. The maximum absolute atomic E-state index is 13.6.